The molecule has 1 aliphatic rings. The quantitative estimate of drug-likeness (QED) is 0.630. The van der Waals surface area contributed by atoms with Gasteiger partial charge in [0.2, 0.25) is 0 Å². The average Bonchev–Trinajstić information content (AvgIpc) is 3.15. The second-order valence-electron chi connectivity index (χ2n) is 7.14. The predicted octanol–water partition coefficient (Wildman–Crippen LogP) is 3.26. The molecule has 1 atom stereocenters. The maximum atomic E-state index is 5.41. The first-order valence-corrected chi connectivity index (χ1v) is 9.51. The van der Waals surface area contributed by atoms with Gasteiger partial charge in [-0.1, -0.05) is 29.8 Å². The van der Waals surface area contributed by atoms with E-state index >= 15 is 0 Å². The molecular formula is C22H30N4O. The van der Waals surface area contributed by atoms with Crippen molar-refractivity contribution in [3.8, 4) is 5.75 Å². The number of guanidine groups is 1. The number of ether oxygens (including phenoxy) is 1. The highest BCUT2D eigenvalue weighted by atomic mass is 16.5. The molecule has 2 N–H and O–H groups in total. The first-order chi connectivity index (χ1) is 13.1. The highest BCUT2D eigenvalue weighted by Crippen LogP contribution is 2.21. The summed E-state index contributed by atoms with van der Waals surface area (Å²) in [5.41, 5.74) is 4.91. The SMILES string of the molecule is CN=C(NCc1ccc(C)c(OC)c1)NC1CCN(c2ccc(C)cc2)C1. The normalized spacial score (nSPS) is 17.1. The lowest BCUT2D eigenvalue weighted by Gasteiger charge is -2.20. The van der Waals surface area contributed by atoms with E-state index in [4.69, 9.17) is 4.74 Å². The van der Waals surface area contributed by atoms with Gasteiger partial charge in [-0.25, -0.2) is 0 Å². The van der Waals surface area contributed by atoms with Crippen LogP contribution in [0.4, 0.5) is 5.69 Å². The van der Waals surface area contributed by atoms with Gasteiger partial charge in [0.15, 0.2) is 5.96 Å². The fourth-order valence-electron chi connectivity index (χ4n) is 3.42. The minimum absolute atomic E-state index is 0.394. The van der Waals surface area contributed by atoms with Crippen molar-refractivity contribution in [2.45, 2.75) is 32.9 Å². The van der Waals surface area contributed by atoms with Crippen LogP contribution in [0.25, 0.3) is 0 Å². The van der Waals surface area contributed by atoms with Crippen molar-refractivity contribution in [2.75, 3.05) is 32.1 Å². The summed E-state index contributed by atoms with van der Waals surface area (Å²) in [6.45, 7) is 6.94. The molecule has 5 nitrogen and oxygen atoms in total. The van der Waals surface area contributed by atoms with Crippen LogP contribution in [0.15, 0.2) is 47.5 Å². The van der Waals surface area contributed by atoms with E-state index < -0.39 is 0 Å². The molecule has 144 valence electrons. The van der Waals surface area contributed by atoms with Crippen LogP contribution in [0.3, 0.4) is 0 Å². The highest BCUT2D eigenvalue weighted by molar-refractivity contribution is 5.80. The molecule has 0 saturated carbocycles. The molecule has 0 aromatic heterocycles. The van der Waals surface area contributed by atoms with Gasteiger partial charge in [-0.15, -0.1) is 0 Å². The van der Waals surface area contributed by atoms with Gasteiger partial charge in [0.05, 0.1) is 7.11 Å². The van der Waals surface area contributed by atoms with Crippen molar-refractivity contribution >= 4 is 11.6 Å². The van der Waals surface area contributed by atoms with Gasteiger partial charge in [-0.05, 0) is 49.6 Å². The summed E-state index contributed by atoms with van der Waals surface area (Å²) in [4.78, 5) is 6.81. The zero-order valence-electron chi connectivity index (χ0n) is 16.7. The third-order valence-corrected chi connectivity index (χ3v) is 5.08. The van der Waals surface area contributed by atoms with E-state index in [1.807, 2.05) is 7.05 Å². The van der Waals surface area contributed by atoms with Crippen molar-refractivity contribution in [1.29, 1.82) is 0 Å². The summed E-state index contributed by atoms with van der Waals surface area (Å²) in [7, 11) is 3.53. The van der Waals surface area contributed by atoms with Crippen LogP contribution in [-0.4, -0.2) is 39.2 Å². The van der Waals surface area contributed by atoms with Gasteiger partial charge in [-0.2, -0.15) is 0 Å². The number of hydrogen-bond donors (Lipinski definition) is 2. The third kappa shape index (κ3) is 4.94. The lowest BCUT2D eigenvalue weighted by atomic mass is 10.1. The van der Waals surface area contributed by atoms with E-state index in [0.29, 0.717) is 12.6 Å². The Morgan fingerprint density at radius 2 is 1.96 bits per heavy atom. The highest BCUT2D eigenvalue weighted by Gasteiger charge is 2.23. The van der Waals surface area contributed by atoms with Gasteiger partial charge >= 0.3 is 0 Å². The second-order valence-corrected chi connectivity index (χ2v) is 7.14. The van der Waals surface area contributed by atoms with E-state index in [2.05, 4.69) is 76.8 Å². The summed E-state index contributed by atoms with van der Waals surface area (Å²) >= 11 is 0. The number of nitrogens with one attached hydrogen (secondary N) is 2. The standard InChI is InChI=1S/C22H30N4O/c1-16-5-9-20(10-6-16)26-12-11-19(15-26)25-22(23-3)24-14-18-8-7-17(2)21(13-18)27-4/h5-10,13,19H,11-12,14-15H2,1-4H3,(H2,23,24,25). The molecule has 1 fully saturated rings. The number of rotatable bonds is 5. The molecule has 1 aliphatic heterocycles. The van der Waals surface area contributed by atoms with Crippen LogP contribution in [-0.2, 0) is 6.54 Å². The molecule has 27 heavy (non-hydrogen) atoms. The monoisotopic (exact) mass is 366 g/mol. The van der Waals surface area contributed by atoms with E-state index in [1.165, 1.54) is 16.8 Å². The minimum Gasteiger partial charge on any atom is -0.496 e. The maximum absolute atomic E-state index is 5.41. The number of benzene rings is 2. The average molecular weight is 367 g/mol. The summed E-state index contributed by atoms with van der Waals surface area (Å²) in [5, 5.41) is 6.96. The van der Waals surface area contributed by atoms with Crippen LogP contribution in [0, 0.1) is 13.8 Å². The van der Waals surface area contributed by atoms with E-state index in [0.717, 1.165) is 36.8 Å². The van der Waals surface area contributed by atoms with Crippen molar-refractivity contribution < 1.29 is 4.74 Å². The number of anilines is 1. The summed E-state index contributed by atoms with van der Waals surface area (Å²) in [5.74, 6) is 1.76. The molecule has 1 unspecified atom stereocenters. The zero-order chi connectivity index (χ0) is 19.2. The number of aryl methyl sites for hydroxylation is 2. The number of nitrogens with zero attached hydrogens (tertiary/aromatic N) is 2. The number of aliphatic imine (C=N–C) groups is 1. The lowest BCUT2D eigenvalue weighted by molar-refractivity contribution is 0.411. The van der Waals surface area contributed by atoms with E-state index in [9.17, 15) is 0 Å². The fraction of sp³-hybridized carbons (Fsp3) is 0.409. The number of methoxy groups -OCH3 is 1. The Hall–Kier alpha value is -2.69. The molecular weight excluding hydrogens is 336 g/mol. The van der Waals surface area contributed by atoms with Crippen LogP contribution in [0.1, 0.15) is 23.1 Å². The summed E-state index contributed by atoms with van der Waals surface area (Å²) in [6, 6.07) is 15.4. The van der Waals surface area contributed by atoms with Crippen LogP contribution >= 0.6 is 0 Å². The van der Waals surface area contributed by atoms with Crippen LogP contribution < -0.4 is 20.3 Å². The Balaban J connectivity index is 1.53. The second kappa shape index (κ2) is 8.80. The van der Waals surface area contributed by atoms with Crippen molar-refractivity contribution in [1.82, 2.24) is 10.6 Å². The Kier molecular flexibility index (Phi) is 6.22. The first kappa shape index (κ1) is 19.1. The van der Waals surface area contributed by atoms with E-state index in [1.54, 1.807) is 7.11 Å². The Morgan fingerprint density at radius 1 is 1.19 bits per heavy atom. The smallest absolute Gasteiger partial charge is 0.191 e. The lowest BCUT2D eigenvalue weighted by Crippen LogP contribution is -2.44. The maximum Gasteiger partial charge on any atom is 0.191 e. The van der Waals surface area contributed by atoms with Gasteiger partial charge in [0.25, 0.3) is 0 Å². The molecule has 5 heteroatoms. The predicted molar refractivity (Wildman–Crippen MR) is 113 cm³/mol. The Morgan fingerprint density at radius 3 is 2.67 bits per heavy atom. The number of hydrogen-bond acceptors (Lipinski definition) is 3. The molecule has 0 bridgehead atoms. The fourth-order valence-corrected chi connectivity index (χ4v) is 3.42. The van der Waals surface area contributed by atoms with Gasteiger partial charge < -0.3 is 20.3 Å². The Bertz CT molecular complexity index is 785. The zero-order valence-corrected chi connectivity index (χ0v) is 16.7. The minimum atomic E-state index is 0.394. The molecule has 1 heterocycles. The molecule has 0 amide bonds. The van der Waals surface area contributed by atoms with Crippen molar-refractivity contribution in [2.24, 2.45) is 4.99 Å². The van der Waals surface area contributed by atoms with Gasteiger partial charge in [-0.3, -0.25) is 4.99 Å². The summed E-state index contributed by atoms with van der Waals surface area (Å²) < 4.78 is 5.41. The van der Waals surface area contributed by atoms with Crippen molar-refractivity contribution in [3.63, 3.8) is 0 Å². The first-order valence-electron chi connectivity index (χ1n) is 9.51. The van der Waals surface area contributed by atoms with Gasteiger partial charge in [0, 0.05) is 38.4 Å². The molecule has 2 aromatic rings. The van der Waals surface area contributed by atoms with Crippen molar-refractivity contribution in [3.05, 3.63) is 59.2 Å². The Labute approximate surface area is 162 Å². The van der Waals surface area contributed by atoms with Crippen LogP contribution in [0.2, 0.25) is 0 Å². The molecule has 0 spiro atoms. The van der Waals surface area contributed by atoms with E-state index in [-0.39, 0.29) is 0 Å². The largest absolute Gasteiger partial charge is 0.496 e. The molecule has 0 aliphatic carbocycles. The molecule has 1 saturated heterocycles. The molecule has 2 aromatic carbocycles. The molecule has 3 rings (SSSR count). The third-order valence-electron chi connectivity index (χ3n) is 5.08. The topological polar surface area (TPSA) is 48.9 Å². The van der Waals surface area contributed by atoms with Crippen LogP contribution in [0.5, 0.6) is 5.75 Å². The summed E-state index contributed by atoms with van der Waals surface area (Å²) in [6.07, 6.45) is 1.10. The molecule has 0 radical (unpaired) electrons. The van der Waals surface area contributed by atoms with Gasteiger partial charge in [0.1, 0.15) is 5.75 Å².